The smallest absolute Gasteiger partial charge is 0.328 e. The van der Waals surface area contributed by atoms with E-state index in [4.69, 9.17) is 34.2 Å². The molecule has 204 valence electrons. The molecule has 0 unspecified atom stereocenters. The maximum absolute atomic E-state index is 10.3. The van der Waals surface area contributed by atoms with Crippen LogP contribution in [0.4, 0.5) is 0 Å². The maximum Gasteiger partial charge on any atom is 0.328 e. The molecule has 0 bridgehead atoms. The van der Waals surface area contributed by atoms with Crippen LogP contribution in [-0.2, 0) is 9.59 Å². The van der Waals surface area contributed by atoms with Gasteiger partial charge in [0.15, 0.2) is 17.2 Å². The third-order valence-electron chi connectivity index (χ3n) is 6.24. The second-order valence-electron chi connectivity index (χ2n) is 8.59. The number of carboxylic acids is 2. The standard InChI is InChI=1S/C23H28N2O5.C4H4O4/c1-5-30-20-10-15-16-9-14(26)6-7-18(16)25-22(17(15)11-19(20)27-2)13-8-21(28-3)23(29-4)24-12-13;5-3(6)1-2-4(7)8/h8,10-12,14,16,18,26H,5-7,9H2,1-4H3;1-2H,(H,5,6)(H,7,8)/b;2-1-/t14-,16-,18-;/m1./s1. The van der Waals surface area contributed by atoms with Gasteiger partial charge < -0.3 is 34.3 Å². The van der Waals surface area contributed by atoms with Gasteiger partial charge in [-0.25, -0.2) is 14.6 Å². The number of hydrogen-bond acceptors (Lipinski definition) is 9. The summed E-state index contributed by atoms with van der Waals surface area (Å²) < 4.78 is 22.2. The third kappa shape index (κ3) is 6.60. The molecule has 38 heavy (non-hydrogen) atoms. The Labute approximate surface area is 220 Å². The molecule has 1 aliphatic heterocycles. The Morgan fingerprint density at radius 2 is 1.66 bits per heavy atom. The molecule has 1 aromatic heterocycles. The van der Waals surface area contributed by atoms with Gasteiger partial charge in [-0.3, -0.25) is 4.99 Å². The molecule has 1 aromatic carbocycles. The van der Waals surface area contributed by atoms with Gasteiger partial charge >= 0.3 is 11.9 Å². The van der Waals surface area contributed by atoms with Crippen molar-refractivity contribution in [2.45, 2.75) is 44.2 Å². The summed E-state index contributed by atoms with van der Waals surface area (Å²) in [4.78, 5) is 28.6. The number of benzene rings is 1. The molecule has 3 atom stereocenters. The predicted octanol–water partition coefficient (Wildman–Crippen LogP) is 3.07. The molecular weight excluding hydrogens is 496 g/mol. The van der Waals surface area contributed by atoms with Crippen LogP contribution in [0.25, 0.3) is 0 Å². The van der Waals surface area contributed by atoms with Crippen LogP contribution >= 0.6 is 0 Å². The second-order valence-corrected chi connectivity index (χ2v) is 8.59. The molecule has 11 nitrogen and oxygen atoms in total. The van der Waals surface area contributed by atoms with Crippen molar-refractivity contribution in [1.29, 1.82) is 0 Å². The second kappa shape index (κ2) is 12.9. The van der Waals surface area contributed by atoms with E-state index in [-0.39, 0.29) is 18.1 Å². The summed E-state index contributed by atoms with van der Waals surface area (Å²) in [7, 11) is 4.79. The molecule has 0 spiro atoms. The third-order valence-corrected chi connectivity index (χ3v) is 6.24. The summed E-state index contributed by atoms with van der Waals surface area (Å²) in [6.45, 7) is 2.50. The minimum Gasteiger partial charge on any atom is -0.493 e. The molecule has 2 aromatic rings. The van der Waals surface area contributed by atoms with Crippen molar-refractivity contribution < 1.29 is 43.9 Å². The molecule has 1 saturated carbocycles. The first-order valence-electron chi connectivity index (χ1n) is 12.1. The minimum absolute atomic E-state index is 0.104. The zero-order valence-corrected chi connectivity index (χ0v) is 21.7. The minimum atomic E-state index is -1.26. The molecule has 0 saturated heterocycles. The Bertz CT molecular complexity index is 1210. The predicted molar refractivity (Wildman–Crippen MR) is 138 cm³/mol. The lowest BCUT2D eigenvalue weighted by Crippen LogP contribution is -2.34. The Balaban J connectivity index is 0.000000436. The van der Waals surface area contributed by atoms with E-state index in [0.29, 0.717) is 48.3 Å². The number of rotatable bonds is 8. The number of nitrogens with zero attached hydrogens (tertiary/aromatic N) is 2. The molecule has 3 N–H and O–H groups in total. The highest BCUT2D eigenvalue weighted by atomic mass is 16.5. The van der Waals surface area contributed by atoms with Crippen molar-refractivity contribution in [2.24, 2.45) is 4.99 Å². The van der Waals surface area contributed by atoms with E-state index in [1.165, 1.54) is 0 Å². The van der Waals surface area contributed by atoms with Gasteiger partial charge in [-0.2, -0.15) is 0 Å². The Hall–Kier alpha value is -4.12. The lowest BCUT2D eigenvalue weighted by molar-refractivity contribution is -0.134. The quantitative estimate of drug-likeness (QED) is 0.435. The number of hydrogen-bond donors (Lipinski definition) is 3. The molecule has 2 aliphatic rings. The van der Waals surface area contributed by atoms with Crippen molar-refractivity contribution in [3.05, 3.63) is 53.2 Å². The average molecular weight is 529 g/mol. The van der Waals surface area contributed by atoms with E-state index >= 15 is 0 Å². The highest BCUT2D eigenvalue weighted by Crippen LogP contribution is 2.45. The monoisotopic (exact) mass is 528 g/mol. The molecule has 1 aliphatic carbocycles. The first-order valence-corrected chi connectivity index (χ1v) is 12.1. The number of aromatic nitrogens is 1. The number of aliphatic hydroxyl groups is 1. The molecule has 0 radical (unpaired) electrons. The molecule has 0 amide bonds. The molecule has 4 rings (SSSR count). The van der Waals surface area contributed by atoms with Crippen LogP contribution in [0, 0.1) is 0 Å². The van der Waals surface area contributed by atoms with Gasteiger partial charge in [0, 0.05) is 35.4 Å². The number of ether oxygens (including phenoxy) is 4. The molecule has 2 heterocycles. The summed E-state index contributed by atoms with van der Waals surface area (Å²) in [5, 5.41) is 25.9. The van der Waals surface area contributed by atoms with Crippen molar-refractivity contribution in [1.82, 2.24) is 4.98 Å². The van der Waals surface area contributed by atoms with Crippen LogP contribution in [-0.4, -0.2) is 78.0 Å². The Morgan fingerprint density at radius 1 is 0.974 bits per heavy atom. The Morgan fingerprint density at radius 3 is 2.24 bits per heavy atom. The number of methoxy groups -OCH3 is 3. The van der Waals surface area contributed by atoms with Crippen LogP contribution < -0.4 is 18.9 Å². The largest absolute Gasteiger partial charge is 0.493 e. The van der Waals surface area contributed by atoms with Crippen LogP contribution in [0.3, 0.4) is 0 Å². The lowest BCUT2D eigenvalue weighted by Gasteiger charge is -2.37. The van der Waals surface area contributed by atoms with Crippen LogP contribution in [0.5, 0.6) is 23.1 Å². The summed E-state index contributed by atoms with van der Waals surface area (Å²) in [5.74, 6) is -0.0135. The Kier molecular flexibility index (Phi) is 9.66. The van der Waals surface area contributed by atoms with Gasteiger partial charge in [0.2, 0.25) is 0 Å². The number of carboxylic acid groups (broad SMARTS) is 2. The topological polar surface area (TPSA) is 157 Å². The van der Waals surface area contributed by atoms with Crippen molar-refractivity contribution >= 4 is 17.7 Å². The summed E-state index contributed by atoms with van der Waals surface area (Å²) >= 11 is 0. The number of aliphatic hydroxyl groups excluding tert-OH is 1. The van der Waals surface area contributed by atoms with Crippen LogP contribution in [0.2, 0.25) is 0 Å². The van der Waals surface area contributed by atoms with Gasteiger partial charge in [-0.15, -0.1) is 0 Å². The first kappa shape index (κ1) is 28.5. The van der Waals surface area contributed by atoms with E-state index in [9.17, 15) is 14.7 Å². The molecule has 11 heteroatoms. The van der Waals surface area contributed by atoms with Gasteiger partial charge in [0.1, 0.15) is 0 Å². The van der Waals surface area contributed by atoms with E-state index in [2.05, 4.69) is 11.1 Å². The fourth-order valence-electron chi connectivity index (χ4n) is 4.61. The number of aliphatic imine (C=N–C) groups is 1. The van der Waals surface area contributed by atoms with Crippen molar-refractivity contribution in [3.63, 3.8) is 0 Å². The molecule has 1 fully saturated rings. The number of carbonyl (C=O) groups is 2. The zero-order valence-electron chi connectivity index (χ0n) is 21.7. The van der Waals surface area contributed by atoms with Crippen LogP contribution in [0.15, 0.2) is 41.5 Å². The average Bonchev–Trinajstić information content (AvgIpc) is 2.91. The fourth-order valence-corrected chi connectivity index (χ4v) is 4.61. The summed E-state index contributed by atoms with van der Waals surface area (Å²) in [5.41, 5.74) is 3.80. The normalized spacial score (nSPS) is 19.7. The van der Waals surface area contributed by atoms with Gasteiger partial charge in [0.25, 0.3) is 5.88 Å². The molecular formula is C27H32N2O9. The van der Waals surface area contributed by atoms with E-state index in [0.717, 1.165) is 35.2 Å². The highest BCUT2D eigenvalue weighted by molar-refractivity contribution is 6.15. The van der Waals surface area contributed by atoms with Crippen molar-refractivity contribution in [3.8, 4) is 23.1 Å². The van der Waals surface area contributed by atoms with E-state index < -0.39 is 11.9 Å². The summed E-state index contributed by atoms with van der Waals surface area (Å²) in [6.07, 6.45) is 4.85. The maximum atomic E-state index is 10.3. The number of pyridine rings is 1. The van der Waals surface area contributed by atoms with Gasteiger partial charge in [-0.1, -0.05) is 0 Å². The zero-order chi connectivity index (χ0) is 27.8. The fraction of sp³-hybridized carbons (Fsp3) is 0.407. The lowest BCUT2D eigenvalue weighted by atomic mass is 9.74. The number of fused-ring (bicyclic) bond motifs is 3. The van der Waals surface area contributed by atoms with Gasteiger partial charge in [0.05, 0.1) is 45.8 Å². The number of aliphatic carboxylic acids is 2. The van der Waals surface area contributed by atoms with E-state index in [1.807, 2.05) is 19.1 Å². The van der Waals surface area contributed by atoms with E-state index in [1.54, 1.807) is 27.5 Å². The van der Waals surface area contributed by atoms with Gasteiger partial charge in [-0.05, 0) is 49.9 Å². The van der Waals surface area contributed by atoms with Crippen molar-refractivity contribution in [2.75, 3.05) is 27.9 Å². The highest BCUT2D eigenvalue weighted by Gasteiger charge is 2.37. The first-order chi connectivity index (χ1) is 18.2. The summed E-state index contributed by atoms with van der Waals surface area (Å²) in [6, 6.07) is 6.03. The van der Waals surface area contributed by atoms with Crippen LogP contribution in [0.1, 0.15) is 48.8 Å². The SMILES string of the molecule is CCOc1cc2c(cc1OC)C(c1cnc(OC)c(OC)c1)=N[C@@H]1CC[C@@H](O)C[C@H]21.O=C(O)/C=C\C(=O)O.